The molecule has 0 radical (unpaired) electrons. The Balaban J connectivity index is 1.42. The number of esters is 1. The first-order chi connectivity index (χ1) is 16.3. The molecule has 0 bridgehead atoms. The fourth-order valence-electron chi connectivity index (χ4n) is 3.90. The molecule has 9 nitrogen and oxygen atoms in total. The minimum Gasteiger partial charge on any atom is -0.452 e. The zero-order chi connectivity index (χ0) is 24.3. The van der Waals surface area contributed by atoms with Crippen LogP contribution in [-0.4, -0.2) is 49.5 Å². The Labute approximate surface area is 198 Å². The SMILES string of the molecule is CCCc1cc(NC(=O)COC(=O)c2ccc3c(c2)CCN3S(C)(=O)=O)n(-c2ccccc2)n1. The quantitative estimate of drug-likeness (QED) is 0.494. The molecule has 0 saturated heterocycles. The minimum atomic E-state index is -3.37. The molecule has 1 aliphatic rings. The van der Waals surface area contributed by atoms with Crippen LogP contribution in [-0.2, 0) is 32.4 Å². The standard InChI is InChI=1S/C24H26N4O5S/c1-3-7-19-15-22(28(26-19)20-8-5-4-6-9-20)25-23(29)16-33-24(30)18-10-11-21-17(14-18)12-13-27(21)34(2,31)32/h4-6,8-11,14-15H,3,7,12-13,16H2,1-2H3,(H,25,29). The Bertz CT molecular complexity index is 1320. The van der Waals surface area contributed by atoms with Crippen molar-refractivity contribution in [3.8, 4) is 5.69 Å². The molecule has 2 aromatic carbocycles. The van der Waals surface area contributed by atoms with Gasteiger partial charge in [0.1, 0.15) is 5.82 Å². The number of rotatable bonds is 8. The van der Waals surface area contributed by atoms with Crippen LogP contribution in [0.25, 0.3) is 5.69 Å². The summed E-state index contributed by atoms with van der Waals surface area (Å²) in [5, 5.41) is 7.34. The number of para-hydroxylation sites is 1. The Morgan fingerprint density at radius 1 is 1.12 bits per heavy atom. The maximum Gasteiger partial charge on any atom is 0.338 e. The van der Waals surface area contributed by atoms with Gasteiger partial charge in [0.2, 0.25) is 10.0 Å². The number of aromatic nitrogens is 2. The van der Waals surface area contributed by atoms with Crippen LogP contribution >= 0.6 is 0 Å². The molecule has 0 spiro atoms. The first-order valence-corrected chi connectivity index (χ1v) is 12.8. The molecule has 1 N–H and O–H groups in total. The summed E-state index contributed by atoms with van der Waals surface area (Å²) >= 11 is 0. The van der Waals surface area contributed by atoms with Crippen molar-refractivity contribution in [2.24, 2.45) is 0 Å². The van der Waals surface area contributed by atoms with Crippen LogP contribution in [0.15, 0.2) is 54.6 Å². The number of hydrogen-bond acceptors (Lipinski definition) is 6. The predicted molar refractivity (Wildman–Crippen MR) is 129 cm³/mol. The molecular weight excluding hydrogens is 456 g/mol. The lowest BCUT2D eigenvalue weighted by atomic mass is 10.1. The number of fused-ring (bicyclic) bond motifs is 1. The van der Waals surface area contributed by atoms with Crippen LogP contribution in [0.5, 0.6) is 0 Å². The molecule has 0 aliphatic carbocycles. The number of benzene rings is 2. The molecule has 1 aliphatic heterocycles. The third kappa shape index (κ3) is 5.12. The van der Waals surface area contributed by atoms with Gasteiger partial charge in [-0.1, -0.05) is 31.5 Å². The Morgan fingerprint density at radius 2 is 1.88 bits per heavy atom. The number of sulfonamides is 1. The van der Waals surface area contributed by atoms with Crippen molar-refractivity contribution < 1.29 is 22.7 Å². The predicted octanol–water partition coefficient (Wildman–Crippen LogP) is 2.94. The second-order valence-electron chi connectivity index (χ2n) is 8.07. The molecule has 3 aromatic rings. The zero-order valence-corrected chi connectivity index (χ0v) is 19.8. The maximum atomic E-state index is 12.5. The van der Waals surface area contributed by atoms with E-state index in [0.29, 0.717) is 24.5 Å². The van der Waals surface area contributed by atoms with Crippen molar-refractivity contribution in [3.63, 3.8) is 0 Å². The van der Waals surface area contributed by atoms with E-state index in [9.17, 15) is 18.0 Å². The third-order valence-electron chi connectivity index (χ3n) is 5.44. The number of nitrogens with one attached hydrogen (secondary N) is 1. The minimum absolute atomic E-state index is 0.265. The van der Waals surface area contributed by atoms with E-state index in [2.05, 4.69) is 17.3 Å². The maximum absolute atomic E-state index is 12.5. The summed E-state index contributed by atoms with van der Waals surface area (Å²) in [5.74, 6) is -0.647. The highest BCUT2D eigenvalue weighted by Gasteiger charge is 2.27. The van der Waals surface area contributed by atoms with E-state index in [0.717, 1.165) is 36.0 Å². The van der Waals surface area contributed by atoms with Crippen LogP contribution in [0.2, 0.25) is 0 Å². The summed E-state index contributed by atoms with van der Waals surface area (Å²) in [6, 6.07) is 16.0. The van der Waals surface area contributed by atoms with E-state index in [-0.39, 0.29) is 5.56 Å². The van der Waals surface area contributed by atoms with E-state index in [1.165, 1.54) is 10.4 Å². The van der Waals surface area contributed by atoms with E-state index < -0.39 is 28.5 Å². The second kappa shape index (κ2) is 9.68. The molecule has 34 heavy (non-hydrogen) atoms. The molecule has 0 saturated carbocycles. The van der Waals surface area contributed by atoms with Gasteiger partial charge in [-0.15, -0.1) is 0 Å². The highest BCUT2D eigenvalue weighted by Crippen LogP contribution is 2.30. The van der Waals surface area contributed by atoms with Gasteiger partial charge in [-0.2, -0.15) is 5.10 Å². The van der Waals surface area contributed by atoms with Gasteiger partial charge in [-0.25, -0.2) is 17.9 Å². The zero-order valence-electron chi connectivity index (χ0n) is 19.0. The molecule has 0 unspecified atom stereocenters. The van der Waals surface area contributed by atoms with Gasteiger partial charge >= 0.3 is 5.97 Å². The highest BCUT2D eigenvalue weighted by atomic mass is 32.2. The highest BCUT2D eigenvalue weighted by molar-refractivity contribution is 7.92. The molecule has 0 atom stereocenters. The Hall–Kier alpha value is -3.66. The Kier molecular flexibility index (Phi) is 6.69. The Morgan fingerprint density at radius 3 is 2.59 bits per heavy atom. The summed E-state index contributed by atoms with van der Waals surface area (Å²) in [7, 11) is -3.37. The van der Waals surface area contributed by atoms with E-state index >= 15 is 0 Å². The monoisotopic (exact) mass is 482 g/mol. The van der Waals surface area contributed by atoms with Crippen molar-refractivity contribution >= 4 is 33.4 Å². The molecule has 4 rings (SSSR count). The average molecular weight is 483 g/mol. The fraction of sp³-hybridized carbons (Fsp3) is 0.292. The number of carbonyl (C=O) groups excluding carboxylic acids is 2. The lowest BCUT2D eigenvalue weighted by Gasteiger charge is -2.16. The lowest BCUT2D eigenvalue weighted by Crippen LogP contribution is -2.27. The van der Waals surface area contributed by atoms with Crippen LogP contribution in [0.4, 0.5) is 11.5 Å². The number of anilines is 2. The van der Waals surface area contributed by atoms with Gasteiger partial charge in [-0.05, 0) is 48.7 Å². The van der Waals surface area contributed by atoms with Gasteiger partial charge < -0.3 is 10.1 Å². The molecule has 0 fully saturated rings. The van der Waals surface area contributed by atoms with Crippen LogP contribution in [0.1, 0.15) is 35.0 Å². The fourth-order valence-corrected chi connectivity index (χ4v) is 4.86. The number of amides is 1. The molecular formula is C24H26N4O5S. The number of carbonyl (C=O) groups is 2. The summed E-state index contributed by atoms with van der Waals surface area (Å²) in [4.78, 5) is 25.0. The van der Waals surface area contributed by atoms with Gasteiger partial charge in [0, 0.05) is 12.6 Å². The molecule has 2 heterocycles. The molecule has 1 amide bonds. The van der Waals surface area contributed by atoms with Gasteiger partial charge in [0.25, 0.3) is 5.91 Å². The number of nitrogens with zero attached hydrogens (tertiary/aromatic N) is 3. The first-order valence-electron chi connectivity index (χ1n) is 11.0. The third-order valence-corrected chi connectivity index (χ3v) is 6.62. The van der Waals surface area contributed by atoms with Gasteiger partial charge in [0.15, 0.2) is 6.61 Å². The van der Waals surface area contributed by atoms with Crippen molar-refractivity contribution in [3.05, 3.63) is 71.4 Å². The lowest BCUT2D eigenvalue weighted by molar-refractivity contribution is -0.119. The van der Waals surface area contributed by atoms with Crippen molar-refractivity contribution in [1.29, 1.82) is 0 Å². The van der Waals surface area contributed by atoms with Crippen molar-refractivity contribution in [1.82, 2.24) is 9.78 Å². The molecule has 178 valence electrons. The summed E-state index contributed by atoms with van der Waals surface area (Å²) in [6.07, 6.45) is 3.34. The first kappa shape index (κ1) is 23.5. The topological polar surface area (TPSA) is 111 Å². The van der Waals surface area contributed by atoms with Crippen LogP contribution in [0, 0.1) is 0 Å². The summed E-state index contributed by atoms with van der Waals surface area (Å²) < 4.78 is 31.9. The second-order valence-corrected chi connectivity index (χ2v) is 9.98. The number of hydrogen-bond donors (Lipinski definition) is 1. The molecule has 10 heteroatoms. The number of aryl methyl sites for hydroxylation is 1. The molecule has 1 aromatic heterocycles. The van der Waals surface area contributed by atoms with Gasteiger partial charge in [-0.3, -0.25) is 9.10 Å². The van der Waals surface area contributed by atoms with Crippen molar-refractivity contribution in [2.45, 2.75) is 26.2 Å². The smallest absolute Gasteiger partial charge is 0.338 e. The number of ether oxygens (including phenoxy) is 1. The normalized spacial score (nSPS) is 12.9. The van der Waals surface area contributed by atoms with Crippen LogP contribution < -0.4 is 9.62 Å². The van der Waals surface area contributed by atoms with Crippen LogP contribution in [0.3, 0.4) is 0 Å². The largest absolute Gasteiger partial charge is 0.452 e. The summed E-state index contributed by atoms with van der Waals surface area (Å²) in [5.41, 5.74) is 3.23. The van der Waals surface area contributed by atoms with E-state index in [1.54, 1.807) is 16.8 Å². The van der Waals surface area contributed by atoms with Gasteiger partial charge in [0.05, 0.1) is 28.9 Å². The van der Waals surface area contributed by atoms with Crippen molar-refractivity contribution in [2.75, 3.05) is 29.0 Å². The van der Waals surface area contributed by atoms with E-state index in [1.807, 2.05) is 36.4 Å². The van der Waals surface area contributed by atoms with E-state index in [4.69, 9.17) is 4.74 Å². The summed E-state index contributed by atoms with van der Waals surface area (Å²) in [6.45, 7) is 1.93. The average Bonchev–Trinajstić information content (AvgIpc) is 3.42.